The van der Waals surface area contributed by atoms with Crippen molar-refractivity contribution in [2.24, 2.45) is 0 Å². The smallest absolute Gasteiger partial charge is 0.337 e. The molecule has 17 heteroatoms. The summed E-state index contributed by atoms with van der Waals surface area (Å²) < 4.78 is 64.3. The molecule has 2 aromatic heterocycles. The third-order valence-corrected chi connectivity index (χ3v) is 13.4. The maximum Gasteiger partial charge on any atom is 0.337 e. The van der Waals surface area contributed by atoms with Gasteiger partial charge in [-0.15, -0.1) is 0 Å². The number of hydrogen-bond acceptors (Lipinski definition) is 12. The lowest BCUT2D eigenvalue weighted by molar-refractivity contribution is -0.137. The molecule has 0 fully saturated rings. The topological polar surface area (TPSA) is 200 Å². The van der Waals surface area contributed by atoms with E-state index >= 15 is 0 Å². The lowest BCUT2D eigenvalue weighted by Crippen LogP contribution is -2.35. The van der Waals surface area contributed by atoms with E-state index in [1.807, 2.05) is 55.3 Å². The van der Waals surface area contributed by atoms with Gasteiger partial charge in [0, 0.05) is 47.3 Å². The van der Waals surface area contributed by atoms with Crippen LogP contribution in [0.25, 0.3) is 21.8 Å². The zero-order chi connectivity index (χ0) is 48.4. The van der Waals surface area contributed by atoms with E-state index in [0.717, 1.165) is 16.5 Å². The van der Waals surface area contributed by atoms with Crippen molar-refractivity contribution in [1.82, 2.24) is 13.9 Å². The van der Waals surface area contributed by atoms with Crippen molar-refractivity contribution in [2.75, 3.05) is 27.8 Å². The summed E-state index contributed by atoms with van der Waals surface area (Å²) in [6.07, 6.45) is 3.69. The number of nitrogens with zero attached hydrogens (tertiary/aromatic N) is 2. The first-order chi connectivity index (χ1) is 32.7. The number of sulfonamides is 1. The van der Waals surface area contributed by atoms with Crippen molar-refractivity contribution in [3.63, 3.8) is 0 Å². The Morgan fingerprint density at radius 1 is 0.632 bits per heavy atom. The van der Waals surface area contributed by atoms with E-state index in [-0.39, 0.29) is 30.0 Å². The molecule has 0 radical (unpaired) electrons. The zero-order valence-corrected chi connectivity index (χ0v) is 38.9. The first-order valence-electron chi connectivity index (χ1n) is 21.8. The van der Waals surface area contributed by atoms with Gasteiger partial charge in [0.1, 0.15) is 5.92 Å². The van der Waals surface area contributed by atoms with Crippen LogP contribution in [0.3, 0.4) is 0 Å². The van der Waals surface area contributed by atoms with Gasteiger partial charge in [-0.3, -0.25) is 9.59 Å². The van der Waals surface area contributed by atoms with E-state index in [9.17, 15) is 32.7 Å². The highest BCUT2D eigenvalue weighted by Crippen LogP contribution is 2.41. The number of carbonyl (C=O) groups is 4. The van der Waals surface area contributed by atoms with Crippen LogP contribution in [0.15, 0.2) is 114 Å². The minimum atomic E-state index is -4.21. The third-order valence-electron chi connectivity index (χ3n) is 12.0. The quantitative estimate of drug-likeness (QED) is 0.105. The lowest BCUT2D eigenvalue weighted by Gasteiger charge is -2.20. The Labute approximate surface area is 391 Å². The van der Waals surface area contributed by atoms with Crippen molar-refractivity contribution in [3.05, 3.63) is 148 Å². The molecule has 5 aromatic carbocycles. The third kappa shape index (κ3) is 9.04. The molecular weight excluding hydrogens is 895 g/mol. The fourth-order valence-electron chi connectivity index (χ4n) is 8.53. The van der Waals surface area contributed by atoms with Gasteiger partial charge in [0.05, 0.1) is 36.2 Å². The number of aromatic nitrogens is 2. The van der Waals surface area contributed by atoms with Crippen LogP contribution < -0.4 is 23.7 Å². The highest BCUT2D eigenvalue weighted by Gasteiger charge is 2.33. The number of aliphatic carboxylic acids is 1. The number of methoxy groups -OCH3 is 2. The molecule has 0 aliphatic carbocycles. The van der Waals surface area contributed by atoms with Crippen molar-refractivity contribution < 1.29 is 61.1 Å². The van der Waals surface area contributed by atoms with E-state index in [2.05, 4.69) is 4.72 Å². The highest BCUT2D eigenvalue weighted by molar-refractivity contribution is 7.90. The molecule has 7 aromatic rings. The number of amides is 1. The van der Waals surface area contributed by atoms with Crippen LogP contribution in [-0.2, 0) is 42.2 Å². The summed E-state index contributed by atoms with van der Waals surface area (Å²) in [7, 11) is -1.60. The molecule has 0 saturated carbocycles. The molecule has 4 heterocycles. The molecule has 2 N–H and O–H groups in total. The van der Waals surface area contributed by atoms with Gasteiger partial charge in [-0.1, -0.05) is 44.2 Å². The summed E-state index contributed by atoms with van der Waals surface area (Å²) in [6.45, 7) is 9.36. The van der Waals surface area contributed by atoms with Crippen LogP contribution in [0.2, 0.25) is 0 Å². The molecule has 9 rings (SSSR count). The molecule has 0 bridgehead atoms. The van der Waals surface area contributed by atoms with Crippen LogP contribution in [0.1, 0.15) is 94.0 Å². The van der Waals surface area contributed by atoms with Gasteiger partial charge in [-0.05, 0) is 114 Å². The van der Waals surface area contributed by atoms with E-state index in [1.165, 1.54) is 26.4 Å². The predicted octanol–water partition coefficient (Wildman–Crippen LogP) is 8.33. The Morgan fingerprint density at radius 2 is 1.16 bits per heavy atom. The summed E-state index contributed by atoms with van der Waals surface area (Å²) in [5.74, 6) is -2.42. The number of rotatable bonds is 13. The number of carbonyl (C=O) groups excluding carboxylic acids is 3. The summed E-state index contributed by atoms with van der Waals surface area (Å²) in [5, 5.41) is 11.5. The average Bonchev–Trinajstić information content (AvgIpc) is 4.17. The minimum absolute atomic E-state index is 0.0275. The van der Waals surface area contributed by atoms with Crippen LogP contribution in [0.5, 0.6) is 23.0 Å². The van der Waals surface area contributed by atoms with Crippen LogP contribution in [0, 0.1) is 0 Å². The van der Waals surface area contributed by atoms with Crippen molar-refractivity contribution in [2.45, 2.75) is 63.4 Å². The van der Waals surface area contributed by atoms with Crippen molar-refractivity contribution in [1.29, 1.82) is 0 Å². The molecule has 68 heavy (non-hydrogen) atoms. The zero-order valence-electron chi connectivity index (χ0n) is 38.1. The highest BCUT2D eigenvalue weighted by atomic mass is 32.2. The van der Waals surface area contributed by atoms with Gasteiger partial charge < -0.3 is 42.7 Å². The number of fused-ring (bicyclic) bond motifs is 4. The van der Waals surface area contributed by atoms with E-state index < -0.39 is 45.7 Å². The first-order valence-corrected chi connectivity index (χ1v) is 23.2. The SMILES string of the molecule is CCn1cc(C(C(=O)O)c2ccc3c(c2)OCO3)c2ccc(C(=O)OC)cc21.CCn1ccc2c(C(C(=O)NS(=O)(=O)c3ccc(C(C)C)cc3)c3ccc4c(c3)OCO4)cc(C(=O)OC)cc21. The van der Waals surface area contributed by atoms with Gasteiger partial charge in [-0.25, -0.2) is 22.7 Å². The number of hydrogen-bond donors (Lipinski definition) is 2. The molecule has 0 saturated heterocycles. The molecule has 352 valence electrons. The molecule has 2 atom stereocenters. The Morgan fingerprint density at radius 3 is 1.74 bits per heavy atom. The fourth-order valence-corrected chi connectivity index (χ4v) is 9.52. The summed E-state index contributed by atoms with van der Waals surface area (Å²) in [6, 6.07) is 26.9. The second-order valence-corrected chi connectivity index (χ2v) is 18.0. The fraction of sp³-hybridized carbons (Fsp3) is 0.255. The number of esters is 2. The molecule has 2 unspecified atom stereocenters. The lowest BCUT2D eigenvalue weighted by atomic mass is 9.87. The predicted molar refractivity (Wildman–Crippen MR) is 250 cm³/mol. The van der Waals surface area contributed by atoms with E-state index in [0.29, 0.717) is 74.8 Å². The number of benzene rings is 5. The van der Waals surface area contributed by atoms with Crippen molar-refractivity contribution in [3.8, 4) is 23.0 Å². The van der Waals surface area contributed by atoms with Gasteiger partial charge in [0.15, 0.2) is 23.0 Å². The summed E-state index contributed by atoms with van der Waals surface area (Å²) in [5.41, 5.74) is 5.31. The summed E-state index contributed by atoms with van der Waals surface area (Å²) >= 11 is 0. The second kappa shape index (κ2) is 19.2. The average molecular weight is 944 g/mol. The standard InChI is InChI=1S/C30H30N2O7S.C21H19NO6/c1-5-32-13-12-23-24(14-21(15-25(23)32)30(34)37-4)28(20-8-11-26-27(16-20)39-17-38-26)29(33)31-40(35,36)22-9-6-19(7-10-22)18(2)3;1-3-22-10-15(14-6-4-13(8-16(14)22)21(25)26-2)19(20(23)24)12-5-7-17-18(9-12)28-11-27-17/h6-16,18,28H,5,17H2,1-4H3,(H,31,33);4-10,19H,3,11H2,1-2H3,(H,23,24). The van der Waals surface area contributed by atoms with Gasteiger partial charge in [0.2, 0.25) is 19.5 Å². The maximum atomic E-state index is 14.0. The Hall–Kier alpha value is -7.79. The summed E-state index contributed by atoms with van der Waals surface area (Å²) in [4.78, 5) is 50.7. The molecular formula is C51H49N3O13S. The monoisotopic (exact) mass is 943 g/mol. The number of carboxylic acid groups (broad SMARTS) is 1. The van der Waals surface area contributed by atoms with Crippen molar-refractivity contribution >= 4 is 55.6 Å². The molecule has 2 aliphatic rings. The van der Waals surface area contributed by atoms with Crippen LogP contribution >= 0.6 is 0 Å². The van der Waals surface area contributed by atoms with Crippen LogP contribution in [-0.4, -0.2) is 74.3 Å². The molecule has 2 aliphatic heterocycles. The normalized spacial score (nSPS) is 13.5. The number of nitrogens with one attached hydrogen (secondary N) is 1. The van der Waals surface area contributed by atoms with Gasteiger partial charge >= 0.3 is 17.9 Å². The molecule has 16 nitrogen and oxygen atoms in total. The van der Waals surface area contributed by atoms with Gasteiger partial charge in [0.25, 0.3) is 10.0 Å². The van der Waals surface area contributed by atoms with E-state index in [4.69, 9.17) is 28.4 Å². The Balaban J connectivity index is 0.000000196. The van der Waals surface area contributed by atoms with Gasteiger partial charge in [-0.2, -0.15) is 0 Å². The Bertz CT molecular complexity index is 3210. The maximum absolute atomic E-state index is 14.0. The number of ether oxygens (including phenoxy) is 6. The number of aryl methyl sites for hydroxylation is 2. The largest absolute Gasteiger partial charge is 0.481 e. The number of carboxylic acids is 1. The molecule has 0 spiro atoms. The van der Waals surface area contributed by atoms with Crippen LogP contribution in [0.4, 0.5) is 0 Å². The Kier molecular flexibility index (Phi) is 13.2. The first kappa shape index (κ1) is 46.7. The second-order valence-electron chi connectivity index (χ2n) is 16.3. The minimum Gasteiger partial charge on any atom is -0.481 e. The molecule has 1 amide bonds. The van der Waals surface area contributed by atoms with E-state index in [1.54, 1.807) is 78.9 Å².